The molecule has 0 heterocycles. The molecule has 320 valence electrons. The molecule has 54 heavy (non-hydrogen) atoms. The number of esters is 2. The average Bonchev–Trinajstić information content (AvgIpc) is 3.14. The minimum Gasteiger partial charge on any atom is -0.466 e. The molecule has 0 aliphatic rings. The number of rotatable bonds is 41. The molecule has 0 aromatic rings. The van der Waals surface area contributed by atoms with Gasteiger partial charge >= 0.3 is 18.1 Å². The van der Waals surface area contributed by atoms with Crippen molar-refractivity contribution in [1.29, 1.82) is 0 Å². The molecule has 0 radical (unpaired) electrons. The zero-order valence-corrected chi connectivity index (χ0v) is 36.4. The Balaban J connectivity index is 4.23. The van der Waals surface area contributed by atoms with Gasteiger partial charge in [-0.2, -0.15) is 0 Å². The number of nitrogens with zero attached hydrogens (tertiary/aromatic N) is 1. The maximum absolute atomic E-state index is 12.5. The van der Waals surface area contributed by atoms with Gasteiger partial charge in [0.05, 0.1) is 19.8 Å². The fraction of sp³-hybridized carbons (Fsp3) is 0.935. The number of hydrogen-bond donors (Lipinski definition) is 0. The van der Waals surface area contributed by atoms with E-state index in [1.807, 2.05) is 14.1 Å². The maximum Gasteiger partial charge on any atom is 0.508 e. The van der Waals surface area contributed by atoms with Crippen LogP contribution in [0.4, 0.5) is 4.79 Å². The van der Waals surface area contributed by atoms with Crippen molar-refractivity contribution in [3.8, 4) is 0 Å². The summed E-state index contributed by atoms with van der Waals surface area (Å²) in [6.07, 6.45) is 34.5. The van der Waals surface area contributed by atoms with Crippen molar-refractivity contribution < 1.29 is 33.3 Å². The van der Waals surface area contributed by atoms with E-state index < -0.39 is 6.16 Å². The highest BCUT2D eigenvalue weighted by atomic mass is 16.7. The predicted octanol–water partition coefficient (Wildman–Crippen LogP) is 13.3. The Kier molecular flexibility index (Phi) is 39.4. The molecule has 0 saturated carbocycles. The third-order valence-electron chi connectivity index (χ3n) is 10.5. The number of carbonyl (C=O) groups is 3. The number of hydrogen-bond acceptors (Lipinski definition) is 8. The molecule has 0 rings (SSSR count). The zero-order chi connectivity index (χ0) is 39.7. The SMILES string of the molecule is CCCCCCCC(=O)OCCCCCCCCCCC(CCOC(=O)CCCCCCCC(CCCCC)CCCCC)OC(=O)OCCCN(C)C. The first kappa shape index (κ1) is 52.2. The first-order valence-corrected chi connectivity index (χ1v) is 23.1. The highest BCUT2D eigenvalue weighted by Crippen LogP contribution is 2.24. The van der Waals surface area contributed by atoms with Crippen LogP contribution in [0.3, 0.4) is 0 Å². The van der Waals surface area contributed by atoms with Crippen LogP contribution in [0.25, 0.3) is 0 Å². The summed E-state index contributed by atoms with van der Waals surface area (Å²) >= 11 is 0. The Labute approximate surface area is 334 Å². The third kappa shape index (κ3) is 38.4. The fourth-order valence-corrected chi connectivity index (χ4v) is 7.04. The van der Waals surface area contributed by atoms with Crippen molar-refractivity contribution in [2.24, 2.45) is 5.92 Å². The highest BCUT2D eigenvalue weighted by Gasteiger charge is 2.17. The smallest absolute Gasteiger partial charge is 0.466 e. The summed E-state index contributed by atoms with van der Waals surface area (Å²) in [5, 5.41) is 0. The van der Waals surface area contributed by atoms with Crippen LogP contribution in [-0.4, -0.2) is 69.6 Å². The largest absolute Gasteiger partial charge is 0.508 e. The van der Waals surface area contributed by atoms with E-state index in [4.69, 9.17) is 18.9 Å². The minimum absolute atomic E-state index is 0.0463. The van der Waals surface area contributed by atoms with Gasteiger partial charge in [-0.25, -0.2) is 4.79 Å². The van der Waals surface area contributed by atoms with Gasteiger partial charge in [-0.1, -0.05) is 168 Å². The average molecular weight is 768 g/mol. The van der Waals surface area contributed by atoms with Crippen LogP contribution in [0.2, 0.25) is 0 Å². The van der Waals surface area contributed by atoms with Gasteiger partial charge in [-0.3, -0.25) is 9.59 Å². The second-order valence-electron chi connectivity index (χ2n) is 16.2. The number of carbonyl (C=O) groups excluding carboxylic acids is 3. The van der Waals surface area contributed by atoms with Crippen LogP contribution in [0.5, 0.6) is 0 Å². The van der Waals surface area contributed by atoms with E-state index in [1.54, 1.807) is 0 Å². The molecule has 8 nitrogen and oxygen atoms in total. The van der Waals surface area contributed by atoms with Crippen molar-refractivity contribution >= 4 is 18.1 Å². The van der Waals surface area contributed by atoms with Crippen LogP contribution in [-0.2, 0) is 28.5 Å². The third-order valence-corrected chi connectivity index (χ3v) is 10.5. The van der Waals surface area contributed by atoms with Crippen molar-refractivity contribution in [3.05, 3.63) is 0 Å². The van der Waals surface area contributed by atoms with E-state index in [0.717, 1.165) is 89.5 Å². The van der Waals surface area contributed by atoms with E-state index in [9.17, 15) is 14.4 Å². The molecule has 0 aliphatic heterocycles. The number of ether oxygens (including phenoxy) is 4. The lowest BCUT2D eigenvalue weighted by molar-refractivity contribution is -0.145. The zero-order valence-electron chi connectivity index (χ0n) is 36.4. The fourth-order valence-electron chi connectivity index (χ4n) is 7.04. The Morgan fingerprint density at radius 2 is 0.833 bits per heavy atom. The lowest BCUT2D eigenvalue weighted by atomic mass is 9.90. The summed E-state index contributed by atoms with van der Waals surface area (Å²) in [5.74, 6) is 0.703. The molecule has 0 aliphatic carbocycles. The van der Waals surface area contributed by atoms with Gasteiger partial charge in [-0.05, 0) is 58.5 Å². The van der Waals surface area contributed by atoms with E-state index in [0.29, 0.717) is 32.5 Å². The Bertz CT molecular complexity index is 826. The normalized spacial score (nSPS) is 12.0. The van der Waals surface area contributed by atoms with Crippen LogP contribution in [0.1, 0.15) is 226 Å². The monoisotopic (exact) mass is 768 g/mol. The van der Waals surface area contributed by atoms with Gasteiger partial charge in [0.15, 0.2) is 0 Å². The highest BCUT2D eigenvalue weighted by molar-refractivity contribution is 5.69. The summed E-state index contributed by atoms with van der Waals surface area (Å²) < 4.78 is 22.0. The molecule has 0 aromatic heterocycles. The van der Waals surface area contributed by atoms with Crippen LogP contribution >= 0.6 is 0 Å². The molecular weight excluding hydrogens is 679 g/mol. The van der Waals surface area contributed by atoms with E-state index in [-0.39, 0.29) is 24.6 Å². The van der Waals surface area contributed by atoms with Gasteiger partial charge in [-0.15, -0.1) is 0 Å². The Morgan fingerprint density at radius 1 is 0.426 bits per heavy atom. The van der Waals surface area contributed by atoms with Crippen LogP contribution < -0.4 is 0 Å². The molecule has 0 amide bonds. The Morgan fingerprint density at radius 3 is 1.37 bits per heavy atom. The number of unbranched alkanes of at least 4 members (excludes halogenated alkanes) is 19. The summed E-state index contributed by atoms with van der Waals surface area (Å²) in [4.78, 5) is 38.8. The standard InChI is InChI=1S/C46H89NO7/c1-6-9-12-18-27-35-44(48)51-39-29-22-16-14-13-15-20-26-34-43(54-46(50)53-40-30-38-47(4)5)37-41-52-45(49)36-28-21-17-19-25-33-42(31-23-10-7-2)32-24-11-8-3/h42-43H,6-41H2,1-5H3. The summed E-state index contributed by atoms with van der Waals surface area (Å²) in [6.45, 7) is 8.76. The van der Waals surface area contributed by atoms with Gasteiger partial charge in [0.25, 0.3) is 0 Å². The molecule has 0 saturated heterocycles. The van der Waals surface area contributed by atoms with Gasteiger partial charge in [0.1, 0.15) is 6.10 Å². The van der Waals surface area contributed by atoms with Crippen molar-refractivity contribution in [3.63, 3.8) is 0 Å². The predicted molar refractivity (Wildman–Crippen MR) is 225 cm³/mol. The summed E-state index contributed by atoms with van der Waals surface area (Å²) in [6, 6.07) is 0. The second kappa shape index (κ2) is 40.8. The topological polar surface area (TPSA) is 91.4 Å². The van der Waals surface area contributed by atoms with E-state index in [2.05, 4.69) is 25.7 Å². The first-order valence-electron chi connectivity index (χ1n) is 23.1. The van der Waals surface area contributed by atoms with E-state index >= 15 is 0 Å². The van der Waals surface area contributed by atoms with Crippen molar-refractivity contribution in [2.45, 2.75) is 232 Å². The molecule has 1 unspecified atom stereocenters. The van der Waals surface area contributed by atoms with Crippen LogP contribution in [0, 0.1) is 5.92 Å². The van der Waals surface area contributed by atoms with Gasteiger partial charge < -0.3 is 23.8 Å². The maximum atomic E-state index is 12.5. The van der Waals surface area contributed by atoms with Crippen molar-refractivity contribution in [1.82, 2.24) is 4.90 Å². The first-order chi connectivity index (χ1) is 26.3. The van der Waals surface area contributed by atoms with Gasteiger partial charge in [0.2, 0.25) is 0 Å². The van der Waals surface area contributed by atoms with Crippen LogP contribution in [0.15, 0.2) is 0 Å². The molecule has 8 heteroatoms. The summed E-state index contributed by atoms with van der Waals surface area (Å²) in [5.41, 5.74) is 0. The summed E-state index contributed by atoms with van der Waals surface area (Å²) in [7, 11) is 3.99. The molecule has 0 spiro atoms. The van der Waals surface area contributed by atoms with E-state index in [1.165, 1.54) is 109 Å². The van der Waals surface area contributed by atoms with Crippen molar-refractivity contribution in [2.75, 3.05) is 40.5 Å². The Hall–Kier alpha value is -1.83. The second-order valence-corrected chi connectivity index (χ2v) is 16.2. The molecule has 0 aromatic carbocycles. The lowest BCUT2D eigenvalue weighted by Crippen LogP contribution is -2.23. The molecule has 0 bridgehead atoms. The quantitative estimate of drug-likeness (QED) is 0.0345. The minimum atomic E-state index is -0.629. The molecule has 1 atom stereocenters. The molecular formula is C46H89NO7. The lowest BCUT2D eigenvalue weighted by Gasteiger charge is -2.18. The molecule has 0 fully saturated rings. The molecule has 0 N–H and O–H groups in total. The van der Waals surface area contributed by atoms with Gasteiger partial charge in [0, 0.05) is 25.8 Å².